The monoisotopic (exact) mass is 579 g/mol. The quantitative estimate of drug-likeness (QED) is 0.159. The van der Waals surface area contributed by atoms with Crippen molar-refractivity contribution in [1.82, 2.24) is 14.6 Å². The highest BCUT2D eigenvalue weighted by atomic mass is 35.5. The number of nitrogens with zero attached hydrogens (tertiary/aromatic N) is 1. The number of benzene rings is 1. The molecule has 6 atom stereocenters. The van der Waals surface area contributed by atoms with Crippen molar-refractivity contribution >= 4 is 49.8 Å². The van der Waals surface area contributed by atoms with Gasteiger partial charge in [-0.2, -0.15) is 5.09 Å². The van der Waals surface area contributed by atoms with E-state index in [1.165, 1.54) is 23.6 Å². The van der Waals surface area contributed by atoms with Crippen molar-refractivity contribution in [1.29, 1.82) is 0 Å². The number of H-pyrrole nitrogens is 1. The number of rotatable bonds is 10. The summed E-state index contributed by atoms with van der Waals surface area (Å²) in [5.41, 5.74) is 0.644. The molecule has 1 aliphatic rings. The summed E-state index contributed by atoms with van der Waals surface area (Å²) in [4.78, 5) is 15.2. The number of carbonyl (C=O) groups is 1. The van der Waals surface area contributed by atoms with Crippen LogP contribution in [-0.4, -0.2) is 56.9 Å². The number of aliphatic hydroxyl groups is 1. The number of aryl methyl sites for hydroxylation is 1. The molecule has 1 fully saturated rings. The average molecular weight is 580 g/mol. The number of aliphatic hydroxyl groups excluding tert-OH is 1. The van der Waals surface area contributed by atoms with Crippen LogP contribution in [-0.2, 0) is 23.4 Å². The van der Waals surface area contributed by atoms with E-state index in [1.807, 2.05) is 0 Å². The SMILES string of the molecule is [2H]C([2H])(O[P@](=O)(N[C@@H](C)C(=O)OC(C)C)Oc1ccccc1)[C@@H]1O[C@H](n2cc(C)c(=S)[nH]c2=S)[C@H](Cl)C1O. The zero-order valence-electron chi connectivity index (χ0n) is 21.9. The summed E-state index contributed by atoms with van der Waals surface area (Å²) in [7, 11) is -4.64. The van der Waals surface area contributed by atoms with Gasteiger partial charge < -0.3 is 24.1 Å². The molecule has 3 rings (SSSR count). The van der Waals surface area contributed by atoms with Crippen LogP contribution in [0.3, 0.4) is 0 Å². The lowest BCUT2D eigenvalue weighted by molar-refractivity contribution is -0.149. The van der Waals surface area contributed by atoms with Crippen molar-refractivity contribution in [3.05, 3.63) is 51.5 Å². The summed E-state index contributed by atoms with van der Waals surface area (Å²) in [5.74, 6) is -0.684. The standard InChI is InChI=1S/C22H29ClN3O7PS2/c1-12(2)31-21(28)14(4)25-34(29,33-15-8-6-5-7-9-15)30-11-16-18(27)17(23)20(32-16)26-10-13(3)19(35)24-22(26)36/h5-10,12,14,16-18,20,27H,11H2,1-4H3,(H,25,29)(H,24,35,36)/t14-,16-,17+,18?,20-,34+/m0/s1/i11D2. The minimum Gasteiger partial charge on any atom is -0.462 e. The topological polar surface area (TPSA) is 124 Å². The number of para-hydroxylation sites is 1. The maximum absolute atomic E-state index is 13.8. The van der Waals surface area contributed by atoms with Crippen LogP contribution in [0.15, 0.2) is 36.5 Å². The van der Waals surface area contributed by atoms with Crippen LogP contribution >= 0.6 is 43.8 Å². The fraction of sp³-hybridized carbons (Fsp3) is 0.500. The molecule has 0 amide bonds. The van der Waals surface area contributed by atoms with Gasteiger partial charge in [-0.3, -0.25) is 13.9 Å². The molecule has 14 heteroatoms. The van der Waals surface area contributed by atoms with Crippen molar-refractivity contribution < 1.29 is 35.7 Å². The number of carbonyl (C=O) groups excluding carboxylic acids is 1. The summed E-state index contributed by atoms with van der Waals surface area (Å²) in [6.07, 6.45) is -3.34. The molecular weight excluding hydrogens is 549 g/mol. The predicted octanol–water partition coefficient (Wildman–Crippen LogP) is 4.58. The molecule has 1 aliphatic heterocycles. The average Bonchev–Trinajstić information content (AvgIpc) is 3.11. The van der Waals surface area contributed by atoms with Crippen molar-refractivity contribution in [2.75, 3.05) is 6.56 Å². The van der Waals surface area contributed by atoms with E-state index in [9.17, 15) is 14.5 Å². The second kappa shape index (κ2) is 12.3. The summed E-state index contributed by atoms with van der Waals surface area (Å²) in [6.45, 7) is 3.45. The number of aromatic nitrogens is 2. The van der Waals surface area contributed by atoms with E-state index in [2.05, 4.69) is 10.1 Å². The molecule has 3 N–H and O–H groups in total. The Hall–Kier alpha value is -1.63. The Labute approximate surface area is 227 Å². The highest BCUT2D eigenvalue weighted by molar-refractivity contribution is 7.72. The zero-order valence-corrected chi connectivity index (χ0v) is 23.2. The Bertz CT molecular complexity index is 1310. The van der Waals surface area contributed by atoms with Crippen molar-refractivity contribution in [2.45, 2.75) is 63.7 Å². The smallest absolute Gasteiger partial charge is 0.459 e. The Morgan fingerprint density at radius 1 is 1.36 bits per heavy atom. The van der Waals surface area contributed by atoms with Crippen molar-refractivity contribution in [3.8, 4) is 5.75 Å². The van der Waals surface area contributed by atoms with E-state index in [-0.39, 0.29) is 10.5 Å². The number of aromatic amines is 1. The van der Waals surface area contributed by atoms with Gasteiger partial charge in [0.15, 0.2) is 11.0 Å². The molecule has 0 spiro atoms. The summed E-state index contributed by atoms with van der Waals surface area (Å²) < 4.78 is 54.6. The molecule has 2 heterocycles. The van der Waals surface area contributed by atoms with Crippen LogP contribution < -0.4 is 9.61 Å². The van der Waals surface area contributed by atoms with Gasteiger partial charge in [0.25, 0.3) is 0 Å². The lowest BCUT2D eigenvalue weighted by Crippen LogP contribution is -2.37. The minimum atomic E-state index is -4.64. The Kier molecular flexibility index (Phi) is 8.86. The molecule has 0 radical (unpaired) electrons. The molecular formula is C22H29ClN3O7PS2. The lowest BCUT2D eigenvalue weighted by Gasteiger charge is -2.25. The van der Waals surface area contributed by atoms with Gasteiger partial charge in [-0.25, -0.2) is 4.57 Å². The molecule has 10 nitrogen and oxygen atoms in total. The third kappa shape index (κ3) is 7.23. The molecule has 1 aromatic heterocycles. The van der Waals surface area contributed by atoms with Crippen LogP contribution in [0.25, 0.3) is 0 Å². The molecule has 36 heavy (non-hydrogen) atoms. The maximum atomic E-state index is 13.8. The number of ether oxygens (including phenoxy) is 2. The van der Waals surface area contributed by atoms with E-state index < -0.39 is 56.2 Å². The second-order valence-corrected chi connectivity index (χ2v) is 11.2. The summed E-state index contributed by atoms with van der Waals surface area (Å²) >= 11 is 16.9. The fourth-order valence-electron chi connectivity index (χ4n) is 3.17. The van der Waals surface area contributed by atoms with Crippen LogP contribution in [0.4, 0.5) is 0 Å². The normalized spacial score (nSPS) is 25.5. The molecule has 1 aromatic carbocycles. The highest BCUT2D eigenvalue weighted by Gasteiger charge is 2.45. The Morgan fingerprint density at radius 3 is 2.67 bits per heavy atom. The number of nitrogens with one attached hydrogen (secondary N) is 2. The van der Waals surface area contributed by atoms with Gasteiger partial charge in [-0.15, -0.1) is 11.6 Å². The molecule has 198 valence electrons. The number of hydrogen-bond donors (Lipinski definition) is 3. The van der Waals surface area contributed by atoms with E-state index in [0.29, 0.717) is 10.2 Å². The lowest BCUT2D eigenvalue weighted by atomic mass is 10.2. The van der Waals surface area contributed by atoms with E-state index in [1.54, 1.807) is 45.2 Å². The molecule has 2 aromatic rings. The van der Waals surface area contributed by atoms with E-state index in [0.717, 1.165) is 0 Å². The molecule has 0 saturated carbocycles. The molecule has 1 saturated heterocycles. The number of esters is 1. The van der Waals surface area contributed by atoms with Gasteiger partial charge >= 0.3 is 13.7 Å². The van der Waals surface area contributed by atoms with Gasteiger partial charge in [0, 0.05) is 11.8 Å². The van der Waals surface area contributed by atoms with Gasteiger partial charge in [-0.05, 0) is 52.0 Å². The zero-order chi connectivity index (χ0) is 28.4. The van der Waals surface area contributed by atoms with Gasteiger partial charge in [0.1, 0.15) is 34.0 Å². The number of alkyl halides is 1. The Morgan fingerprint density at radius 2 is 2.03 bits per heavy atom. The predicted molar refractivity (Wildman–Crippen MR) is 139 cm³/mol. The highest BCUT2D eigenvalue weighted by Crippen LogP contribution is 2.46. The van der Waals surface area contributed by atoms with Crippen LogP contribution in [0, 0.1) is 16.3 Å². The molecule has 1 unspecified atom stereocenters. The van der Waals surface area contributed by atoms with Crippen molar-refractivity contribution in [2.24, 2.45) is 0 Å². The second-order valence-electron chi connectivity index (χ2n) is 8.31. The summed E-state index contributed by atoms with van der Waals surface area (Å²) in [6, 6.07) is 6.64. The first-order valence-corrected chi connectivity index (χ1v) is 13.8. The molecule has 0 bridgehead atoms. The van der Waals surface area contributed by atoms with Gasteiger partial charge in [0.2, 0.25) is 0 Å². The van der Waals surface area contributed by atoms with E-state index in [4.69, 9.17) is 57.3 Å². The fourth-order valence-corrected chi connectivity index (χ4v) is 5.32. The van der Waals surface area contributed by atoms with Crippen molar-refractivity contribution in [3.63, 3.8) is 0 Å². The first kappa shape index (κ1) is 26.0. The van der Waals surface area contributed by atoms with Crippen LogP contribution in [0.1, 0.15) is 35.3 Å². The number of halogens is 1. The minimum absolute atomic E-state index is 0.0749. The third-order valence-corrected chi connectivity index (χ3v) is 7.64. The van der Waals surface area contributed by atoms with Crippen LogP contribution in [0.5, 0.6) is 5.75 Å². The van der Waals surface area contributed by atoms with E-state index >= 15 is 0 Å². The maximum Gasteiger partial charge on any atom is 0.459 e. The Balaban J connectivity index is 1.90. The first-order valence-electron chi connectivity index (χ1n) is 12.0. The van der Waals surface area contributed by atoms with Gasteiger partial charge in [-0.1, -0.05) is 30.4 Å². The first-order chi connectivity index (χ1) is 17.6. The third-order valence-electron chi connectivity index (χ3n) is 4.93. The molecule has 0 aliphatic carbocycles. The summed E-state index contributed by atoms with van der Waals surface area (Å²) in [5, 5.41) is 12.1. The van der Waals surface area contributed by atoms with Gasteiger partial charge in [0.05, 0.1) is 15.4 Å². The largest absolute Gasteiger partial charge is 0.462 e. The van der Waals surface area contributed by atoms with Crippen LogP contribution in [0.2, 0.25) is 0 Å². The number of hydrogen-bond acceptors (Lipinski definition) is 9.